The maximum atomic E-state index is 12.9. The highest BCUT2D eigenvalue weighted by molar-refractivity contribution is 6.05. The molecule has 1 fully saturated rings. The van der Waals surface area contributed by atoms with Crippen molar-refractivity contribution in [2.24, 2.45) is 5.92 Å². The van der Waals surface area contributed by atoms with Gasteiger partial charge < -0.3 is 10.1 Å². The van der Waals surface area contributed by atoms with Crippen molar-refractivity contribution in [2.75, 3.05) is 10.6 Å². The molecule has 0 spiro atoms. The standard InChI is InChI=1S/C35H30N2O3/c38-34(29-11-6-12-32(21-29)37-35(39)40-23-24-7-2-1-3-8-24)36-31-17-15-27(16-18-31)33-22-30(33)20-25-13-14-26-9-4-5-10-28(26)19-25/h1-19,21,30,33H,20,22-23H2,(H,36,38)(H,37,39)/t30?,33-/m0/s1. The normalized spacial score (nSPS) is 15.8. The number of rotatable bonds is 8. The predicted octanol–water partition coefficient (Wildman–Crippen LogP) is 8.19. The topological polar surface area (TPSA) is 67.4 Å². The third-order valence-corrected chi connectivity index (χ3v) is 7.41. The molecule has 0 aromatic heterocycles. The predicted molar refractivity (Wildman–Crippen MR) is 160 cm³/mol. The van der Waals surface area contributed by atoms with Crippen LogP contribution in [0.15, 0.2) is 121 Å². The number of fused-ring (bicyclic) bond motifs is 1. The second kappa shape index (κ2) is 11.5. The van der Waals surface area contributed by atoms with Crippen LogP contribution < -0.4 is 10.6 Å². The van der Waals surface area contributed by atoms with Gasteiger partial charge in [0.05, 0.1) is 0 Å². The number of hydrogen-bond acceptors (Lipinski definition) is 3. The molecule has 0 radical (unpaired) electrons. The van der Waals surface area contributed by atoms with Crippen LogP contribution in [0.5, 0.6) is 0 Å². The minimum absolute atomic E-state index is 0.174. The van der Waals surface area contributed by atoms with Crippen LogP contribution in [0.25, 0.3) is 10.8 Å². The maximum Gasteiger partial charge on any atom is 0.411 e. The van der Waals surface area contributed by atoms with Crippen LogP contribution >= 0.6 is 0 Å². The van der Waals surface area contributed by atoms with Crippen molar-refractivity contribution in [3.8, 4) is 0 Å². The summed E-state index contributed by atoms with van der Waals surface area (Å²) in [5, 5.41) is 8.22. The lowest BCUT2D eigenvalue weighted by molar-refractivity contribution is 0.102. The van der Waals surface area contributed by atoms with Gasteiger partial charge in [-0.15, -0.1) is 0 Å². The van der Waals surface area contributed by atoms with Gasteiger partial charge in [-0.2, -0.15) is 0 Å². The lowest BCUT2D eigenvalue weighted by Gasteiger charge is -2.10. The zero-order valence-electron chi connectivity index (χ0n) is 22.0. The molecule has 0 heterocycles. The summed E-state index contributed by atoms with van der Waals surface area (Å²) in [6.45, 7) is 0.174. The smallest absolute Gasteiger partial charge is 0.411 e. The Morgan fingerprint density at radius 3 is 2.27 bits per heavy atom. The Morgan fingerprint density at radius 1 is 0.675 bits per heavy atom. The van der Waals surface area contributed by atoms with Gasteiger partial charge in [0.2, 0.25) is 0 Å². The molecule has 0 saturated heterocycles. The number of carbonyl (C=O) groups is 2. The third kappa shape index (κ3) is 6.21. The van der Waals surface area contributed by atoms with Crippen molar-refractivity contribution in [1.82, 2.24) is 0 Å². The van der Waals surface area contributed by atoms with Crippen molar-refractivity contribution in [1.29, 1.82) is 0 Å². The van der Waals surface area contributed by atoms with E-state index in [1.165, 1.54) is 28.3 Å². The van der Waals surface area contributed by atoms with Gasteiger partial charge in [0.25, 0.3) is 5.91 Å². The number of amides is 2. The van der Waals surface area contributed by atoms with Crippen molar-refractivity contribution in [3.63, 3.8) is 0 Å². The molecule has 5 aromatic rings. The van der Waals surface area contributed by atoms with Crippen molar-refractivity contribution in [2.45, 2.75) is 25.4 Å². The van der Waals surface area contributed by atoms with Crippen LogP contribution in [0.4, 0.5) is 16.2 Å². The average Bonchev–Trinajstić information content (AvgIpc) is 3.76. The fourth-order valence-electron chi connectivity index (χ4n) is 5.18. The van der Waals surface area contributed by atoms with E-state index in [-0.39, 0.29) is 12.5 Å². The number of nitrogens with one attached hydrogen (secondary N) is 2. The summed E-state index contributed by atoms with van der Waals surface area (Å²) in [4.78, 5) is 25.1. The second-order valence-corrected chi connectivity index (χ2v) is 10.3. The number of anilines is 2. The number of carbonyl (C=O) groups excluding carboxylic acids is 2. The summed E-state index contributed by atoms with van der Waals surface area (Å²) in [5.41, 5.74) is 5.27. The Kier molecular flexibility index (Phi) is 7.27. The molecule has 0 bridgehead atoms. The summed E-state index contributed by atoms with van der Waals surface area (Å²) in [6, 6.07) is 39.7. The van der Waals surface area contributed by atoms with Crippen molar-refractivity contribution < 1.29 is 14.3 Å². The molecule has 5 aromatic carbocycles. The van der Waals surface area contributed by atoms with Crippen LogP contribution in [0.3, 0.4) is 0 Å². The second-order valence-electron chi connectivity index (χ2n) is 10.3. The third-order valence-electron chi connectivity index (χ3n) is 7.41. The fraction of sp³-hybridized carbons (Fsp3) is 0.143. The summed E-state index contributed by atoms with van der Waals surface area (Å²) >= 11 is 0. The highest BCUT2D eigenvalue weighted by Crippen LogP contribution is 2.49. The summed E-state index contributed by atoms with van der Waals surface area (Å²) in [5.74, 6) is 0.964. The first-order chi connectivity index (χ1) is 19.6. The number of ether oxygens (including phenoxy) is 1. The largest absolute Gasteiger partial charge is 0.444 e. The van der Waals surface area contributed by atoms with E-state index in [0.717, 1.165) is 17.7 Å². The molecule has 2 N–H and O–H groups in total. The first-order valence-electron chi connectivity index (χ1n) is 13.6. The van der Waals surface area contributed by atoms with Gasteiger partial charge in [0.1, 0.15) is 6.61 Å². The van der Waals surface area contributed by atoms with Crippen LogP contribution in [0, 0.1) is 5.92 Å². The van der Waals surface area contributed by atoms with E-state index < -0.39 is 6.09 Å². The highest BCUT2D eigenvalue weighted by atomic mass is 16.5. The maximum absolute atomic E-state index is 12.9. The Balaban J connectivity index is 1.01. The Bertz CT molecular complexity index is 1650. The summed E-state index contributed by atoms with van der Waals surface area (Å²) in [7, 11) is 0. The zero-order chi connectivity index (χ0) is 27.3. The molecule has 2 amide bonds. The van der Waals surface area contributed by atoms with Gasteiger partial charge in [-0.25, -0.2) is 4.79 Å². The zero-order valence-corrected chi connectivity index (χ0v) is 22.0. The SMILES string of the molecule is O=C(Nc1cccc(C(=O)Nc2ccc([C@@H]3CC3Cc3ccc4ccccc4c3)cc2)c1)OCc1ccccc1. The lowest BCUT2D eigenvalue weighted by atomic mass is 10.0. The van der Waals surface area contributed by atoms with Gasteiger partial charge in [0, 0.05) is 16.9 Å². The van der Waals surface area contributed by atoms with E-state index >= 15 is 0 Å². The molecule has 40 heavy (non-hydrogen) atoms. The fourth-order valence-corrected chi connectivity index (χ4v) is 5.18. The van der Waals surface area contributed by atoms with Gasteiger partial charge >= 0.3 is 6.09 Å². The first-order valence-corrected chi connectivity index (χ1v) is 13.6. The molecular formula is C35H30N2O3. The molecule has 2 atom stereocenters. The molecule has 1 unspecified atom stereocenters. The van der Waals surface area contributed by atoms with Gasteiger partial charge in [-0.1, -0.05) is 91.0 Å². The minimum Gasteiger partial charge on any atom is -0.444 e. The van der Waals surface area contributed by atoms with Crippen LogP contribution in [-0.2, 0) is 17.8 Å². The molecule has 1 saturated carbocycles. The minimum atomic E-state index is -0.573. The monoisotopic (exact) mass is 526 g/mol. The molecule has 0 aliphatic heterocycles. The van der Waals surface area contributed by atoms with Crippen molar-refractivity contribution >= 4 is 34.1 Å². The van der Waals surface area contributed by atoms with Gasteiger partial charge in [-0.05, 0) is 82.5 Å². The molecule has 5 nitrogen and oxygen atoms in total. The molecule has 1 aliphatic carbocycles. The van der Waals surface area contributed by atoms with E-state index in [2.05, 4.69) is 65.2 Å². The summed E-state index contributed by atoms with van der Waals surface area (Å²) < 4.78 is 5.27. The molecule has 5 heteroatoms. The van der Waals surface area contributed by atoms with Crippen LogP contribution in [-0.4, -0.2) is 12.0 Å². The van der Waals surface area contributed by atoms with Gasteiger partial charge in [0.15, 0.2) is 0 Å². The van der Waals surface area contributed by atoms with Crippen LogP contribution in [0.2, 0.25) is 0 Å². The van der Waals surface area contributed by atoms with Gasteiger partial charge in [-0.3, -0.25) is 10.1 Å². The van der Waals surface area contributed by atoms with E-state index in [4.69, 9.17) is 4.74 Å². The summed E-state index contributed by atoms with van der Waals surface area (Å²) in [6.07, 6.45) is 1.69. The Hall–Kier alpha value is -4.90. The molecular weight excluding hydrogens is 496 g/mol. The average molecular weight is 527 g/mol. The Morgan fingerprint density at radius 2 is 1.45 bits per heavy atom. The van der Waals surface area contributed by atoms with E-state index in [1.807, 2.05) is 42.5 Å². The molecule has 6 rings (SSSR count). The first kappa shape index (κ1) is 25.4. The van der Waals surface area contributed by atoms with E-state index in [0.29, 0.717) is 23.1 Å². The quantitative estimate of drug-likeness (QED) is 0.214. The molecule has 198 valence electrons. The van der Waals surface area contributed by atoms with Crippen LogP contribution in [0.1, 0.15) is 39.4 Å². The van der Waals surface area contributed by atoms with E-state index in [9.17, 15) is 9.59 Å². The lowest BCUT2D eigenvalue weighted by Crippen LogP contribution is -2.15. The Labute approximate surface area is 233 Å². The molecule has 1 aliphatic rings. The number of benzene rings is 5. The number of hydrogen-bond donors (Lipinski definition) is 2. The van der Waals surface area contributed by atoms with E-state index in [1.54, 1.807) is 24.3 Å². The van der Waals surface area contributed by atoms with Crippen molar-refractivity contribution in [3.05, 3.63) is 144 Å². The highest BCUT2D eigenvalue weighted by Gasteiger charge is 2.37.